The second-order valence-corrected chi connectivity index (χ2v) is 7.02. The molecule has 1 N–H and O–H groups in total. The van der Waals surface area contributed by atoms with E-state index in [1.165, 1.54) is 0 Å². The van der Waals surface area contributed by atoms with Crippen LogP contribution >= 0.6 is 0 Å². The zero-order valence-corrected chi connectivity index (χ0v) is 15.5. The van der Waals surface area contributed by atoms with Crippen molar-refractivity contribution < 1.29 is 0 Å². The molecule has 1 fully saturated rings. The van der Waals surface area contributed by atoms with Gasteiger partial charge in [-0.2, -0.15) is 5.10 Å². The maximum Gasteiger partial charge on any atom is 0.162 e. The first kappa shape index (κ1) is 16.9. The van der Waals surface area contributed by atoms with Crippen LogP contribution in [-0.4, -0.2) is 47.4 Å². The van der Waals surface area contributed by atoms with Gasteiger partial charge in [-0.05, 0) is 43.6 Å². The van der Waals surface area contributed by atoms with E-state index < -0.39 is 0 Å². The maximum absolute atomic E-state index is 4.55. The van der Waals surface area contributed by atoms with Gasteiger partial charge in [0.25, 0.3) is 0 Å². The fourth-order valence-corrected chi connectivity index (χ4v) is 3.76. The molecule has 4 heterocycles. The van der Waals surface area contributed by atoms with Gasteiger partial charge in [0.15, 0.2) is 5.82 Å². The molecule has 5 rings (SSSR count). The molecule has 8 nitrogen and oxygen atoms in total. The van der Waals surface area contributed by atoms with Crippen molar-refractivity contribution in [2.75, 3.05) is 13.1 Å². The lowest BCUT2D eigenvalue weighted by Crippen LogP contribution is -2.29. The lowest BCUT2D eigenvalue weighted by atomic mass is 10.1. The second-order valence-electron chi connectivity index (χ2n) is 7.02. The molecule has 0 aliphatic carbocycles. The van der Waals surface area contributed by atoms with Gasteiger partial charge in [0.1, 0.15) is 5.69 Å². The van der Waals surface area contributed by atoms with E-state index in [1.54, 1.807) is 6.20 Å². The number of hydrogen-bond donors (Lipinski definition) is 1. The zero-order chi connectivity index (χ0) is 18.8. The molecule has 0 radical (unpaired) electrons. The number of rotatable bonds is 5. The first-order chi connectivity index (χ1) is 13.9. The van der Waals surface area contributed by atoms with Crippen LogP contribution in [0.3, 0.4) is 0 Å². The molecular formula is C20H22N8. The summed E-state index contributed by atoms with van der Waals surface area (Å²) in [6.45, 7) is 2.74. The number of para-hydroxylation sites is 1. The van der Waals surface area contributed by atoms with E-state index in [2.05, 4.69) is 42.4 Å². The molecule has 0 saturated carbocycles. The number of aromatic nitrogens is 7. The molecule has 0 unspecified atom stereocenters. The largest absolute Gasteiger partial charge is 0.325 e. The Morgan fingerprint density at radius 2 is 1.93 bits per heavy atom. The summed E-state index contributed by atoms with van der Waals surface area (Å²) in [4.78, 5) is 4.55. The van der Waals surface area contributed by atoms with Gasteiger partial charge in [-0.25, -0.2) is 14.3 Å². The number of nitrogens with zero attached hydrogens (tertiary/aromatic N) is 7. The third-order valence-electron chi connectivity index (χ3n) is 5.22. The Hall–Kier alpha value is -3.26. The summed E-state index contributed by atoms with van der Waals surface area (Å²) in [5.74, 6) is 0.829. The molecule has 142 valence electrons. The number of imidazole rings is 1. The normalized spacial score (nSPS) is 15.1. The number of hydrogen-bond acceptors (Lipinski definition) is 5. The quantitative estimate of drug-likeness (QED) is 0.580. The van der Waals surface area contributed by atoms with E-state index in [-0.39, 0.29) is 0 Å². The minimum absolute atomic E-state index is 0.409. The van der Waals surface area contributed by atoms with Crippen LogP contribution in [0.15, 0.2) is 61.3 Å². The van der Waals surface area contributed by atoms with E-state index >= 15 is 0 Å². The summed E-state index contributed by atoms with van der Waals surface area (Å²) >= 11 is 0. The first-order valence-electron chi connectivity index (χ1n) is 9.60. The average molecular weight is 374 g/mol. The van der Waals surface area contributed by atoms with Gasteiger partial charge in [-0.15, -0.1) is 5.10 Å². The summed E-state index contributed by atoms with van der Waals surface area (Å²) in [5, 5.41) is 16.5. The van der Waals surface area contributed by atoms with Crippen molar-refractivity contribution in [3.05, 3.63) is 66.9 Å². The zero-order valence-electron chi connectivity index (χ0n) is 15.5. The molecule has 1 aromatic carbocycles. The Morgan fingerprint density at radius 3 is 2.79 bits per heavy atom. The average Bonchev–Trinajstić information content (AvgIpc) is 3.50. The van der Waals surface area contributed by atoms with E-state index in [4.69, 9.17) is 0 Å². The molecule has 0 bridgehead atoms. The molecule has 1 aliphatic heterocycles. The van der Waals surface area contributed by atoms with Gasteiger partial charge >= 0.3 is 0 Å². The summed E-state index contributed by atoms with van der Waals surface area (Å²) in [5.41, 5.74) is 3.03. The van der Waals surface area contributed by atoms with E-state index in [1.807, 2.05) is 52.4 Å². The fraction of sp³-hybridized carbons (Fsp3) is 0.300. The molecule has 3 aromatic heterocycles. The molecule has 1 aliphatic rings. The predicted octanol–water partition coefficient (Wildman–Crippen LogP) is 2.30. The topological polar surface area (TPSA) is 78.4 Å². The van der Waals surface area contributed by atoms with Crippen LogP contribution in [0.5, 0.6) is 0 Å². The van der Waals surface area contributed by atoms with Crippen molar-refractivity contribution >= 4 is 0 Å². The fourth-order valence-electron chi connectivity index (χ4n) is 3.76. The van der Waals surface area contributed by atoms with Crippen molar-refractivity contribution in [2.45, 2.75) is 25.4 Å². The van der Waals surface area contributed by atoms with E-state index in [0.29, 0.717) is 12.6 Å². The highest BCUT2D eigenvalue weighted by Gasteiger charge is 2.18. The van der Waals surface area contributed by atoms with Crippen LogP contribution < -0.4 is 5.32 Å². The van der Waals surface area contributed by atoms with Crippen LogP contribution in [0.2, 0.25) is 0 Å². The Labute approximate surface area is 162 Å². The SMILES string of the molecule is c1ccc(-n2cccn2)c(Cn2ccnc2-c2cn(C3CCNCC3)nn2)c1. The molecule has 0 amide bonds. The monoisotopic (exact) mass is 374 g/mol. The van der Waals surface area contributed by atoms with Crippen molar-refractivity contribution in [2.24, 2.45) is 0 Å². The van der Waals surface area contributed by atoms with Crippen LogP contribution in [-0.2, 0) is 6.54 Å². The van der Waals surface area contributed by atoms with Crippen LogP contribution in [0.1, 0.15) is 24.4 Å². The Balaban J connectivity index is 1.43. The summed E-state index contributed by atoms with van der Waals surface area (Å²) in [6.07, 6.45) is 11.7. The van der Waals surface area contributed by atoms with Gasteiger partial charge < -0.3 is 9.88 Å². The van der Waals surface area contributed by atoms with Crippen LogP contribution in [0.4, 0.5) is 0 Å². The van der Waals surface area contributed by atoms with Crippen molar-refractivity contribution in [3.63, 3.8) is 0 Å². The van der Waals surface area contributed by atoms with Crippen LogP contribution in [0.25, 0.3) is 17.2 Å². The van der Waals surface area contributed by atoms with Crippen molar-refractivity contribution in [3.8, 4) is 17.2 Å². The van der Waals surface area contributed by atoms with Crippen LogP contribution in [0, 0.1) is 0 Å². The molecule has 4 aromatic rings. The van der Waals surface area contributed by atoms with Gasteiger partial charge in [0, 0.05) is 24.8 Å². The highest BCUT2D eigenvalue weighted by atomic mass is 15.4. The molecule has 1 saturated heterocycles. The Bertz CT molecular complexity index is 1040. The first-order valence-corrected chi connectivity index (χ1v) is 9.60. The summed E-state index contributed by atoms with van der Waals surface area (Å²) in [7, 11) is 0. The second kappa shape index (κ2) is 7.40. The van der Waals surface area contributed by atoms with Gasteiger partial charge in [-0.1, -0.05) is 23.4 Å². The lowest BCUT2D eigenvalue weighted by Gasteiger charge is -2.22. The van der Waals surface area contributed by atoms with Gasteiger partial charge in [0.2, 0.25) is 0 Å². The molecule has 8 heteroatoms. The van der Waals surface area contributed by atoms with Gasteiger partial charge in [0.05, 0.1) is 24.5 Å². The Morgan fingerprint density at radius 1 is 1.04 bits per heavy atom. The third-order valence-corrected chi connectivity index (χ3v) is 5.22. The minimum Gasteiger partial charge on any atom is -0.325 e. The lowest BCUT2D eigenvalue weighted by molar-refractivity contribution is 0.337. The number of piperidine rings is 1. The molecule has 0 spiro atoms. The van der Waals surface area contributed by atoms with E-state index in [9.17, 15) is 0 Å². The maximum atomic E-state index is 4.55. The number of nitrogens with one attached hydrogen (secondary N) is 1. The summed E-state index contributed by atoms with van der Waals surface area (Å²) in [6, 6.07) is 10.6. The van der Waals surface area contributed by atoms with E-state index in [0.717, 1.165) is 48.7 Å². The number of benzene rings is 1. The van der Waals surface area contributed by atoms with Crippen molar-refractivity contribution in [1.82, 2.24) is 39.6 Å². The van der Waals surface area contributed by atoms with Crippen molar-refractivity contribution in [1.29, 1.82) is 0 Å². The Kier molecular flexibility index (Phi) is 4.46. The standard InChI is InChI=1S/C20H22N8/c1-2-5-19(27-12-3-8-23-27)16(4-1)14-26-13-11-22-20(26)18-15-28(25-24-18)17-6-9-21-10-7-17/h1-5,8,11-13,15,17,21H,6-7,9-10,14H2. The smallest absolute Gasteiger partial charge is 0.162 e. The third kappa shape index (κ3) is 3.22. The highest BCUT2D eigenvalue weighted by Crippen LogP contribution is 2.22. The van der Waals surface area contributed by atoms with Gasteiger partial charge in [-0.3, -0.25) is 0 Å². The molecule has 28 heavy (non-hydrogen) atoms. The summed E-state index contributed by atoms with van der Waals surface area (Å²) < 4.78 is 5.99. The highest BCUT2D eigenvalue weighted by molar-refractivity contribution is 5.49. The molecular weight excluding hydrogens is 352 g/mol. The minimum atomic E-state index is 0.409. The molecule has 0 atom stereocenters. The predicted molar refractivity (Wildman–Crippen MR) is 105 cm³/mol.